The van der Waals surface area contributed by atoms with Crippen molar-refractivity contribution in [3.05, 3.63) is 48.5 Å². The Bertz CT molecular complexity index is 689. The van der Waals surface area contributed by atoms with E-state index in [1.54, 1.807) is 21.3 Å². The molecule has 0 radical (unpaired) electrons. The first kappa shape index (κ1) is 18.4. The zero-order valence-corrected chi connectivity index (χ0v) is 15.2. The summed E-state index contributed by atoms with van der Waals surface area (Å²) in [6.07, 6.45) is 0. The number of hydrogen-bond donors (Lipinski definition) is 2. The maximum absolute atomic E-state index is 5.32. The first-order valence-corrected chi connectivity index (χ1v) is 8.13. The summed E-state index contributed by atoms with van der Waals surface area (Å²) in [5.74, 6) is 2.07. The van der Waals surface area contributed by atoms with E-state index in [0.717, 1.165) is 18.8 Å². The van der Waals surface area contributed by atoms with Gasteiger partial charge >= 0.3 is 0 Å². The van der Waals surface area contributed by atoms with Crippen molar-refractivity contribution in [1.82, 2.24) is 5.32 Å². The third kappa shape index (κ3) is 5.31. The van der Waals surface area contributed by atoms with Crippen LogP contribution in [0.4, 0.5) is 11.4 Å². The standard InChI is InChI=1S/C19H26N4O2/c1-20-19(21-12-13-23(2)16-8-6-5-7-9-16)22-15-10-11-17(24-3)18(14-15)25-4/h5-11,14H,12-13H2,1-4H3,(H2,20,21,22). The SMILES string of the molecule is CN=C(NCCN(C)c1ccccc1)Nc1ccc(OC)c(OC)c1. The zero-order chi connectivity index (χ0) is 18.1. The number of nitrogens with one attached hydrogen (secondary N) is 2. The Morgan fingerprint density at radius 3 is 2.40 bits per heavy atom. The van der Waals surface area contributed by atoms with E-state index in [2.05, 4.69) is 39.7 Å². The molecule has 0 fully saturated rings. The molecule has 0 spiro atoms. The first-order chi connectivity index (χ1) is 12.2. The monoisotopic (exact) mass is 342 g/mol. The molecule has 25 heavy (non-hydrogen) atoms. The van der Waals surface area contributed by atoms with E-state index in [4.69, 9.17) is 9.47 Å². The van der Waals surface area contributed by atoms with Crippen molar-refractivity contribution in [1.29, 1.82) is 0 Å². The Labute approximate surface area is 149 Å². The Hall–Kier alpha value is -2.89. The molecular weight excluding hydrogens is 316 g/mol. The lowest BCUT2D eigenvalue weighted by Gasteiger charge is -2.20. The summed E-state index contributed by atoms with van der Waals surface area (Å²) < 4.78 is 10.6. The molecule has 0 aromatic heterocycles. The third-order valence-electron chi connectivity index (χ3n) is 3.81. The fraction of sp³-hybridized carbons (Fsp3) is 0.316. The van der Waals surface area contributed by atoms with Crippen LogP contribution in [0.5, 0.6) is 11.5 Å². The van der Waals surface area contributed by atoms with E-state index in [1.165, 1.54) is 5.69 Å². The average Bonchev–Trinajstić information content (AvgIpc) is 2.67. The second kappa shape index (κ2) is 9.42. The topological polar surface area (TPSA) is 58.1 Å². The van der Waals surface area contributed by atoms with Crippen LogP contribution in [0.1, 0.15) is 0 Å². The van der Waals surface area contributed by atoms with Crippen molar-refractivity contribution in [2.75, 3.05) is 51.6 Å². The molecule has 2 aromatic carbocycles. The molecule has 0 heterocycles. The van der Waals surface area contributed by atoms with Crippen LogP contribution in [0, 0.1) is 0 Å². The quantitative estimate of drug-likeness (QED) is 0.599. The lowest BCUT2D eigenvalue weighted by molar-refractivity contribution is 0.355. The summed E-state index contributed by atoms with van der Waals surface area (Å²) >= 11 is 0. The van der Waals surface area contributed by atoms with Gasteiger partial charge in [-0.2, -0.15) is 0 Å². The highest BCUT2D eigenvalue weighted by atomic mass is 16.5. The Kier molecular flexibility index (Phi) is 6.95. The van der Waals surface area contributed by atoms with Crippen LogP contribution in [0.3, 0.4) is 0 Å². The van der Waals surface area contributed by atoms with E-state index in [9.17, 15) is 0 Å². The number of rotatable bonds is 7. The number of likely N-dealkylation sites (N-methyl/N-ethyl adjacent to an activating group) is 1. The second-order valence-electron chi connectivity index (χ2n) is 5.45. The van der Waals surface area contributed by atoms with Gasteiger partial charge in [0.2, 0.25) is 0 Å². The molecule has 6 heteroatoms. The van der Waals surface area contributed by atoms with Crippen LogP contribution in [-0.4, -0.2) is 47.4 Å². The smallest absolute Gasteiger partial charge is 0.195 e. The Balaban J connectivity index is 1.89. The molecule has 134 valence electrons. The molecule has 0 aliphatic carbocycles. The van der Waals surface area contributed by atoms with E-state index in [0.29, 0.717) is 17.5 Å². The van der Waals surface area contributed by atoms with E-state index >= 15 is 0 Å². The van der Waals surface area contributed by atoms with Gasteiger partial charge in [-0.15, -0.1) is 0 Å². The molecule has 0 atom stereocenters. The van der Waals surface area contributed by atoms with Gasteiger partial charge in [-0.3, -0.25) is 4.99 Å². The molecular formula is C19H26N4O2. The number of hydrogen-bond acceptors (Lipinski definition) is 4. The van der Waals surface area contributed by atoms with Crippen LogP contribution >= 0.6 is 0 Å². The normalized spacial score (nSPS) is 11.0. The number of benzene rings is 2. The minimum Gasteiger partial charge on any atom is -0.493 e. The minimum absolute atomic E-state index is 0.673. The fourth-order valence-corrected chi connectivity index (χ4v) is 2.38. The van der Waals surface area contributed by atoms with Crippen LogP contribution in [0.25, 0.3) is 0 Å². The summed E-state index contributed by atoms with van der Waals surface area (Å²) in [6, 6.07) is 15.9. The van der Waals surface area contributed by atoms with E-state index in [1.807, 2.05) is 36.4 Å². The van der Waals surface area contributed by atoms with Gasteiger partial charge in [-0.25, -0.2) is 0 Å². The molecule has 0 saturated heterocycles. The minimum atomic E-state index is 0.673. The maximum Gasteiger partial charge on any atom is 0.195 e. The molecule has 0 aliphatic heterocycles. The predicted octanol–water partition coefficient (Wildman–Crippen LogP) is 2.83. The van der Waals surface area contributed by atoms with Gasteiger partial charge in [0.15, 0.2) is 17.5 Å². The second-order valence-corrected chi connectivity index (χ2v) is 5.45. The maximum atomic E-state index is 5.32. The summed E-state index contributed by atoms with van der Waals surface area (Å²) in [5, 5.41) is 6.56. The molecule has 2 rings (SSSR count). The summed E-state index contributed by atoms with van der Waals surface area (Å²) in [7, 11) is 7.06. The number of methoxy groups -OCH3 is 2. The van der Waals surface area contributed by atoms with Crippen molar-refractivity contribution in [2.45, 2.75) is 0 Å². The molecule has 0 amide bonds. The Morgan fingerprint density at radius 2 is 1.76 bits per heavy atom. The van der Waals surface area contributed by atoms with Crippen LogP contribution < -0.4 is 25.0 Å². The predicted molar refractivity (Wildman–Crippen MR) is 104 cm³/mol. The fourth-order valence-electron chi connectivity index (χ4n) is 2.38. The number of nitrogens with zero attached hydrogens (tertiary/aromatic N) is 2. The number of para-hydroxylation sites is 1. The number of anilines is 2. The molecule has 0 saturated carbocycles. The highest BCUT2D eigenvalue weighted by molar-refractivity contribution is 5.93. The van der Waals surface area contributed by atoms with Crippen LogP contribution in [0.15, 0.2) is 53.5 Å². The Morgan fingerprint density at radius 1 is 1.04 bits per heavy atom. The molecule has 0 bridgehead atoms. The van der Waals surface area contributed by atoms with Gasteiger partial charge in [0, 0.05) is 44.6 Å². The van der Waals surface area contributed by atoms with Gasteiger partial charge in [-0.1, -0.05) is 18.2 Å². The van der Waals surface area contributed by atoms with Crippen molar-refractivity contribution in [3.63, 3.8) is 0 Å². The lowest BCUT2D eigenvalue weighted by Crippen LogP contribution is -2.36. The summed E-state index contributed by atoms with van der Waals surface area (Å²) in [4.78, 5) is 6.45. The summed E-state index contributed by atoms with van der Waals surface area (Å²) in [5.41, 5.74) is 2.06. The number of aliphatic imine (C=N–C) groups is 1. The molecule has 6 nitrogen and oxygen atoms in total. The van der Waals surface area contributed by atoms with Crippen molar-refractivity contribution < 1.29 is 9.47 Å². The zero-order valence-electron chi connectivity index (χ0n) is 15.2. The largest absolute Gasteiger partial charge is 0.493 e. The van der Waals surface area contributed by atoms with Crippen molar-refractivity contribution in [2.24, 2.45) is 4.99 Å². The first-order valence-electron chi connectivity index (χ1n) is 8.13. The average molecular weight is 342 g/mol. The highest BCUT2D eigenvalue weighted by Gasteiger charge is 2.06. The lowest BCUT2D eigenvalue weighted by atomic mass is 10.2. The summed E-state index contributed by atoms with van der Waals surface area (Å²) in [6.45, 7) is 1.62. The molecule has 0 aliphatic rings. The van der Waals surface area contributed by atoms with Gasteiger partial charge in [0.1, 0.15) is 0 Å². The van der Waals surface area contributed by atoms with Gasteiger partial charge in [0.05, 0.1) is 14.2 Å². The van der Waals surface area contributed by atoms with Crippen LogP contribution in [-0.2, 0) is 0 Å². The van der Waals surface area contributed by atoms with Crippen LogP contribution in [0.2, 0.25) is 0 Å². The van der Waals surface area contributed by atoms with Crippen molar-refractivity contribution >= 4 is 17.3 Å². The van der Waals surface area contributed by atoms with E-state index in [-0.39, 0.29) is 0 Å². The number of guanidine groups is 1. The molecule has 0 unspecified atom stereocenters. The van der Waals surface area contributed by atoms with Gasteiger partial charge < -0.3 is 25.0 Å². The van der Waals surface area contributed by atoms with Gasteiger partial charge in [-0.05, 0) is 24.3 Å². The van der Waals surface area contributed by atoms with Gasteiger partial charge in [0.25, 0.3) is 0 Å². The third-order valence-corrected chi connectivity index (χ3v) is 3.81. The van der Waals surface area contributed by atoms with E-state index < -0.39 is 0 Å². The molecule has 2 aromatic rings. The molecule has 2 N–H and O–H groups in total. The highest BCUT2D eigenvalue weighted by Crippen LogP contribution is 2.29. The van der Waals surface area contributed by atoms with Crippen molar-refractivity contribution in [3.8, 4) is 11.5 Å². The number of ether oxygens (including phenoxy) is 2.